The summed E-state index contributed by atoms with van der Waals surface area (Å²) in [6, 6.07) is 0. The minimum absolute atomic E-state index is 0.00879. The number of hydrogen-bond acceptors (Lipinski definition) is 4. The van der Waals surface area contributed by atoms with Gasteiger partial charge in [0.15, 0.2) is 11.6 Å². The lowest BCUT2D eigenvalue weighted by atomic mass is 10.0. The van der Waals surface area contributed by atoms with Crippen LogP contribution in [0.15, 0.2) is 0 Å². The van der Waals surface area contributed by atoms with Crippen LogP contribution in [0.4, 0.5) is 0 Å². The average molecular weight is 278 g/mol. The lowest BCUT2D eigenvalue weighted by Gasteiger charge is -2.28. The van der Waals surface area contributed by atoms with E-state index in [0.29, 0.717) is 30.6 Å². The molecule has 0 radical (unpaired) electrons. The van der Waals surface area contributed by atoms with Gasteiger partial charge in [-0.3, -0.25) is 14.5 Å². The number of rotatable bonds is 4. The van der Waals surface area contributed by atoms with E-state index in [2.05, 4.69) is 9.88 Å². The second-order valence-electron chi connectivity index (χ2n) is 5.61. The van der Waals surface area contributed by atoms with Gasteiger partial charge >= 0.3 is 0 Å². The van der Waals surface area contributed by atoms with Gasteiger partial charge in [0, 0.05) is 24.3 Å². The summed E-state index contributed by atoms with van der Waals surface area (Å²) in [6.07, 6.45) is 1.20. The summed E-state index contributed by atoms with van der Waals surface area (Å²) in [5.74, 6) is -0.00844. The second-order valence-corrected chi connectivity index (χ2v) is 5.61. The van der Waals surface area contributed by atoms with E-state index in [4.69, 9.17) is 0 Å². The van der Waals surface area contributed by atoms with Gasteiger partial charge in [0.05, 0.1) is 18.3 Å². The lowest BCUT2D eigenvalue weighted by molar-refractivity contribution is 0.0708. The van der Waals surface area contributed by atoms with Crippen LogP contribution >= 0.6 is 0 Å². The second kappa shape index (κ2) is 5.89. The standard InChI is InChI=1S/C15H22N2O3/c1-9-14(11(3)18)10(2)16-15(9)13(20)8-17-6-4-12(19)5-7-17/h12,16,19H,4-8H2,1-3H3. The van der Waals surface area contributed by atoms with Gasteiger partial charge < -0.3 is 10.1 Å². The maximum Gasteiger partial charge on any atom is 0.193 e. The van der Waals surface area contributed by atoms with E-state index in [1.54, 1.807) is 0 Å². The van der Waals surface area contributed by atoms with Crippen molar-refractivity contribution < 1.29 is 14.7 Å². The third-order valence-electron chi connectivity index (χ3n) is 3.99. The number of aromatic amines is 1. The number of aliphatic hydroxyl groups excluding tert-OH is 1. The van der Waals surface area contributed by atoms with E-state index in [9.17, 15) is 14.7 Å². The summed E-state index contributed by atoms with van der Waals surface area (Å²) in [7, 11) is 0. The average Bonchev–Trinajstić information content (AvgIpc) is 2.67. The van der Waals surface area contributed by atoms with Gasteiger partial charge in [-0.2, -0.15) is 0 Å². The quantitative estimate of drug-likeness (QED) is 0.818. The van der Waals surface area contributed by atoms with Crippen LogP contribution in [-0.2, 0) is 0 Å². The van der Waals surface area contributed by atoms with Crippen LogP contribution in [0.2, 0.25) is 0 Å². The maximum absolute atomic E-state index is 12.4. The molecule has 0 aromatic carbocycles. The molecule has 5 heteroatoms. The van der Waals surface area contributed by atoms with Crippen molar-refractivity contribution in [2.24, 2.45) is 0 Å². The molecule has 110 valence electrons. The molecule has 1 aromatic rings. The van der Waals surface area contributed by atoms with E-state index in [1.807, 2.05) is 13.8 Å². The number of piperidine rings is 1. The first-order chi connectivity index (χ1) is 9.40. The highest BCUT2D eigenvalue weighted by atomic mass is 16.3. The van der Waals surface area contributed by atoms with E-state index >= 15 is 0 Å². The van der Waals surface area contributed by atoms with Crippen LogP contribution in [0.5, 0.6) is 0 Å². The van der Waals surface area contributed by atoms with Gasteiger partial charge in [0.25, 0.3) is 0 Å². The maximum atomic E-state index is 12.4. The fourth-order valence-corrected chi connectivity index (χ4v) is 2.92. The summed E-state index contributed by atoms with van der Waals surface area (Å²) >= 11 is 0. The molecule has 0 bridgehead atoms. The normalized spacial score (nSPS) is 17.4. The Morgan fingerprint density at radius 3 is 2.40 bits per heavy atom. The number of likely N-dealkylation sites (tertiary alicyclic amines) is 1. The zero-order valence-electron chi connectivity index (χ0n) is 12.3. The zero-order valence-corrected chi connectivity index (χ0v) is 12.3. The molecule has 0 atom stereocenters. The summed E-state index contributed by atoms with van der Waals surface area (Å²) in [6.45, 7) is 6.97. The molecule has 1 saturated heterocycles. The number of nitrogens with zero attached hydrogens (tertiary/aromatic N) is 1. The first-order valence-corrected chi connectivity index (χ1v) is 7.04. The zero-order chi connectivity index (χ0) is 14.9. The molecule has 1 aliphatic heterocycles. The van der Waals surface area contributed by atoms with Crippen molar-refractivity contribution in [3.8, 4) is 0 Å². The number of carbonyl (C=O) groups excluding carboxylic acids is 2. The highest BCUT2D eigenvalue weighted by molar-refractivity contribution is 6.03. The fourth-order valence-electron chi connectivity index (χ4n) is 2.92. The van der Waals surface area contributed by atoms with Gasteiger partial charge in [0.1, 0.15) is 0 Å². The predicted octanol–water partition coefficient (Wildman–Crippen LogP) is 1.47. The van der Waals surface area contributed by atoms with Crippen LogP contribution in [0.1, 0.15) is 51.9 Å². The number of Topliss-reactive ketones (excluding diaryl/α,β-unsaturated/α-hetero) is 2. The molecule has 5 nitrogen and oxygen atoms in total. The molecule has 20 heavy (non-hydrogen) atoms. The predicted molar refractivity (Wildman–Crippen MR) is 76.3 cm³/mol. The third kappa shape index (κ3) is 2.99. The van der Waals surface area contributed by atoms with Crippen LogP contribution < -0.4 is 0 Å². The topological polar surface area (TPSA) is 73.4 Å². The monoisotopic (exact) mass is 278 g/mol. The number of aromatic nitrogens is 1. The Morgan fingerprint density at radius 2 is 1.90 bits per heavy atom. The van der Waals surface area contributed by atoms with Crippen molar-refractivity contribution >= 4 is 11.6 Å². The van der Waals surface area contributed by atoms with Crippen LogP contribution in [-0.4, -0.2) is 52.3 Å². The highest BCUT2D eigenvalue weighted by Crippen LogP contribution is 2.20. The molecule has 0 spiro atoms. The fraction of sp³-hybridized carbons (Fsp3) is 0.600. The number of carbonyl (C=O) groups is 2. The SMILES string of the molecule is CC(=O)c1c(C)[nH]c(C(=O)CN2CCC(O)CC2)c1C. The minimum atomic E-state index is -0.236. The Morgan fingerprint density at radius 1 is 1.30 bits per heavy atom. The lowest BCUT2D eigenvalue weighted by Crippen LogP contribution is -2.39. The Bertz CT molecular complexity index is 525. The smallest absolute Gasteiger partial charge is 0.193 e. The Labute approximate surface area is 119 Å². The largest absolute Gasteiger partial charge is 0.393 e. The van der Waals surface area contributed by atoms with E-state index < -0.39 is 0 Å². The van der Waals surface area contributed by atoms with E-state index in [0.717, 1.165) is 24.3 Å². The van der Waals surface area contributed by atoms with Crippen molar-refractivity contribution in [2.45, 2.75) is 39.7 Å². The number of hydrogen-bond donors (Lipinski definition) is 2. The number of nitrogens with one attached hydrogen (secondary N) is 1. The highest BCUT2D eigenvalue weighted by Gasteiger charge is 2.23. The van der Waals surface area contributed by atoms with Crippen molar-refractivity contribution in [3.05, 3.63) is 22.5 Å². The van der Waals surface area contributed by atoms with Gasteiger partial charge in [-0.1, -0.05) is 0 Å². The number of ketones is 2. The molecule has 0 aliphatic carbocycles. The van der Waals surface area contributed by atoms with Gasteiger partial charge in [-0.25, -0.2) is 0 Å². The van der Waals surface area contributed by atoms with Crippen molar-refractivity contribution in [3.63, 3.8) is 0 Å². The Hall–Kier alpha value is -1.46. The Balaban J connectivity index is 2.10. The molecule has 0 amide bonds. The Kier molecular flexibility index (Phi) is 4.40. The van der Waals surface area contributed by atoms with Crippen LogP contribution in [0.25, 0.3) is 0 Å². The molecular weight excluding hydrogens is 256 g/mol. The van der Waals surface area contributed by atoms with Crippen LogP contribution in [0.3, 0.4) is 0 Å². The van der Waals surface area contributed by atoms with Gasteiger partial charge in [-0.05, 0) is 39.2 Å². The molecule has 1 aromatic heterocycles. The summed E-state index contributed by atoms with van der Waals surface area (Å²) in [5.41, 5.74) is 2.67. The molecule has 2 heterocycles. The molecule has 1 aliphatic rings. The minimum Gasteiger partial charge on any atom is -0.393 e. The number of aliphatic hydroxyl groups is 1. The van der Waals surface area contributed by atoms with Crippen molar-refractivity contribution in [1.82, 2.24) is 9.88 Å². The van der Waals surface area contributed by atoms with E-state index in [-0.39, 0.29) is 17.7 Å². The molecular formula is C15H22N2O3. The van der Waals surface area contributed by atoms with Crippen LogP contribution in [0, 0.1) is 13.8 Å². The molecule has 1 fully saturated rings. The summed E-state index contributed by atoms with van der Waals surface area (Å²) in [5, 5.41) is 9.47. The van der Waals surface area contributed by atoms with Crippen molar-refractivity contribution in [1.29, 1.82) is 0 Å². The molecule has 0 unspecified atom stereocenters. The van der Waals surface area contributed by atoms with Crippen molar-refractivity contribution in [2.75, 3.05) is 19.6 Å². The summed E-state index contributed by atoms with van der Waals surface area (Å²) < 4.78 is 0. The number of H-pyrrole nitrogens is 1. The van der Waals surface area contributed by atoms with Gasteiger partial charge in [-0.15, -0.1) is 0 Å². The van der Waals surface area contributed by atoms with Gasteiger partial charge in [0.2, 0.25) is 0 Å². The first kappa shape index (κ1) is 14.9. The first-order valence-electron chi connectivity index (χ1n) is 7.04. The molecule has 2 N–H and O–H groups in total. The summed E-state index contributed by atoms with van der Waals surface area (Å²) in [4.78, 5) is 29.0. The number of aryl methyl sites for hydroxylation is 1. The molecule has 0 saturated carbocycles. The van der Waals surface area contributed by atoms with E-state index in [1.165, 1.54) is 6.92 Å². The molecule has 2 rings (SSSR count). The third-order valence-corrected chi connectivity index (χ3v) is 3.99.